The maximum atomic E-state index is 12.9. The Labute approximate surface area is 189 Å². The van der Waals surface area contributed by atoms with Crippen molar-refractivity contribution in [3.05, 3.63) is 18.4 Å². The van der Waals surface area contributed by atoms with Gasteiger partial charge in [-0.3, -0.25) is 9.59 Å². The molecule has 4 saturated carbocycles. The van der Waals surface area contributed by atoms with E-state index in [1.54, 1.807) is 0 Å². The summed E-state index contributed by atoms with van der Waals surface area (Å²) in [5, 5.41) is 0. The molecule has 0 saturated heterocycles. The van der Waals surface area contributed by atoms with E-state index in [9.17, 15) is 9.59 Å². The highest BCUT2D eigenvalue weighted by Crippen LogP contribution is 2.69. The first kappa shape index (κ1) is 22.8. The summed E-state index contributed by atoms with van der Waals surface area (Å²) in [6.07, 6.45) is 13.7. The summed E-state index contributed by atoms with van der Waals surface area (Å²) in [5.41, 5.74) is 2.88. The number of ketones is 1. The van der Waals surface area contributed by atoms with Crippen LogP contribution in [0.25, 0.3) is 0 Å². The van der Waals surface area contributed by atoms with E-state index >= 15 is 0 Å². The van der Waals surface area contributed by atoms with E-state index < -0.39 is 5.41 Å². The standard InChI is InChI=1S/C28H42O3/c1-6-8-24(29)23-12-11-21-20-10-9-19-18-28(14-7-2,25(30)31-5)17-16-26(19,3)22(20)13-15-27(21,23)4/h14,19-23H,2,6,8-13,15-18H2,1,3-5H3/t19-,20-,21-,22-,23+,26-,27-,28?/m0/s1. The molecule has 31 heavy (non-hydrogen) atoms. The Morgan fingerprint density at radius 3 is 2.45 bits per heavy atom. The van der Waals surface area contributed by atoms with E-state index in [0.29, 0.717) is 29.0 Å². The molecule has 0 aromatic carbocycles. The maximum absolute atomic E-state index is 12.9. The van der Waals surface area contributed by atoms with Crippen molar-refractivity contribution in [2.75, 3.05) is 7.11 Å². The first-order valence-electron chi connectivity index (χ1n) is 12.7. The topological polar surface area (TPSA) is 43.4 Å². The molecule has 1 unspecified atom stereocenters. The molecule has 4 fully saturated rings. The Kier molecular flexibility index (Phi) is 6.05. The van der Waals surface area contributed by atoms with Crippen molar-refractivity contribution < 1.29 is 14.3 Å². The van der Waals surface area contributed by atoms with Crippen molar-refractivity contribution in [2.45, 2.75) is 91.4 Å². The maximum Gasteiger partial charge on any atom is 0.316 e. The third-order valence-electron chi connectivity index (χ3n) is 10.6. The molecule has 0 aliphatic heterocycles. The van der Waals surface area contributed by atoms with Gasteiger partial charge in [0.15, 0.2) is 0 Å². The number of fused-ring (bicyclic) bond motifs is 5. The van der Waals surface area contributed by atoms with Gasteiger partial charge in [-0.15, -0.1) is 5.73 Å². The van der Waals surface area contributed by atoms with Crippen molar-refractivity contribution in [3.63, 3.8) is 0 Å². The Bertz CT molecular complexity index is 779. The minimum atomic E-state index is -0.540. The lowest BCUT2D eigenvalue weighted by Crippen LogP contribution is -2.55. The van der Waals surface area contributed by atoms with Crippen LogP contribution in [0.2, 0.25) is 0 Å². The number of rotatable bonds is 5. The van der Waals surface area contributed by atoms with Crippen molar-refractivity contribution in [1.82, 2.24) is 0 Å². The number of esters is 1. The van der Waals surface area contributed by atoms with Crippen LogP contribution >= 0.6 is 0 Å². The average molecular weight is 427 g/mol. The second-order valence-electron chi connectivity index (χ2n) is 11.7. The van der Waals surface area contributed by atoms with Crippen LogP contribution in [0.15, 0.2) is 18.4 Å². The molecule has 0 amide bonds. The molecule has 0 aromatic rings. The molecule has 4 rings (SSSR count). The lowest BCUT2D eigenvalue weighted by Gasteiger charge is -2.62. The number of ether oxygens (including phenoxy) is 1. The van der Waals surface area contributed by atoms with Crippen LogP contribution in [-0.4, -0.2) is 18.9 Å². The van der Waals surface area contributed by atoms with Crippen LogP contribution in [0.4, 0.5) is 0 Å². The van der Waals surface area contributed by atoms with Gasteiger partial charge in [0, 0.05) is 12.3 Å². The normalized spacial score (nSPS) is 46.1. The third-order valence-corrected chi connectivity index (χ3v) is 10.6. The summed E-state index contributed by atoms with van der Waals surface area (Å²) in [6, 6.07) is 0. The van der Waals surface area contributed by atoms with Gasteiger partial charge >= 0.3 is 5.97 Å². The minimum absolute atomic E-state index is 0.114. The van der Waals surface area contributed by atoms with Gasteiger partial charge in [0.2, 0.25) is 0 Å². The predicted octanol–water partition coefficient (Wildman–Crippen LogP) is 6.52. The smallest absolute Gasteiger partial charge is 0.316 e. The molecule has 8 atom stereocenters. The van der Waals surface area contributed by atoms with Crippen LogP contribution in [0, 0.1) is 45.8 Å². The number of carbonyl (C=O) groups excluding carboxylic acids is 2. The van der Waals surface area contributed by atoms with Crippen molar-refractivity contribution in [2.24, 2.45) is 45.8 Å². The highest BCUT2D eigenvalue weighted by atomic mass is 16.5. The fourth-order valence-corrected chi connectivity index (χ4v) is 9.02. The molecule has 172 valence electrons. The molecule has 4 aliphatic carbocycles. The summed E-state index contributed by atoms with van der Waals surface area (Å²) in [7, 11) is 1.50. The number of hydrogen-bond donors (Lipinski definition) is 0. The van der Waals surface area contributed by atoms with Crippen molar-refractivity contribution in [3.8, 4) is 0 Å². The molecule has 0 aromatic heterocycles. The first-order valence-corrected chi connectivity index (χ1v) is 12.7. The SMILES string of the molecule is C=C=CC1(C(=O)OC)CC[C@@]2(C)[C@@H](CC[C@@H]3[C@@H]2CC[C@]2(C)[C@@H](C(=O)CCC)CC[C@@H]32)C1. The highest BCUT2D eigenvalue weighted by Gasteiger charge is 2.62. The molecule has 3 nitrogen and oxygen atoms in total. The summed E-state index contributed by atoms with van der Waals surface area (Å²) in [5.74, 6) is 3.44. The van der Waals surface area contributed by atoms with Crippen LogP contribution < -0.4 is 0 Å². The summed E-state index contributed by atoms with van der Waals surface area (Å²) < 4.78 is 5.22. The Morgan fingerprint density at radius 1 is 1.03 bits per heavy atom. The molecule has 0 bridgehead atoms. The van der Waals surface area contributed by atoms with Crippen LogP contribution in [0.5, 0.6) is 0 Å². The minimum Gasteiger partial charge on any atom is -0.468 e. The molecular formula is C28H42O3. The van der Waals surface area contributed by atoms with Gasteiger partial charge in [-0.2, -0.15) is 0 Å². The molecule has 0 spiro atoms. The summed E-state index contributed by atoms with van der Waals surface area (Å²) in [6.45, 7) is 10.9. The van der Waals surface area contributed by atoms with Gasteiger partial charge in [0.05, 0.1) is 12.5 Å². The molecule has 3 heteroatoms. The Balaban J connectivity index is 1.57. The van der Waals surface area contributed by atoms with Gasteiger partial charge in [0.1, 0.15) is 5.78 Å². The highest BCUT2D eigenvalue weighted by molar-refractivity contribution is 5.82. The largest absolute Gasteiger partial charge is 0.468 e. The second-order valence-corrected chi connectivity index (χ2v) is 11.7. The van der Waals surface area contributed by atoms with Gasteiger partial charge in [0.25, 0.3) is 0 Å². The fraction of sp³-hybridized carbons (Fsp3) is 0.821. The van der Waals surface area contributed by atoms with E-state index in [-0.39, 0.29) is 11.4 Å². The number of carbonyl (C=O) groups is 2. The lowest BCUT2D eigenvalue weighted by atomic mass is 9.43. The van der Waals surface area contributed by atoms with Crippen molar-refractivity contribution >= 4 is 11.8 Å². The zero-order valence-electron chi connectivity index (χ0n) is 20.2. The Morgan fingerprint density at radius 2 is 1.77 bits per heavy atom. The molecule has 0 radical (unpaired) electrons. The van der Waals surface area contributed by atoms with Gasteiger partial charge in [-0.25, -0.2) is 0 Å². The van der Waals surface area contributed by atoms with Crippen LogP contribution in [0.1, 0.15) is 91.4 Å². The molecule has 4 aliphatic rings. The first-order chi connectivity index (χ1) is 14.8. The molecule has 0 N–H and O–H groups in total. The fourth-order valence-electron chi connectivity index (χ4n) is 9.02. The van der Waals surface area contributed by atoms with Crippen LogP contribution in [-0.2, 0) is 14.3 Å². The van der Waals surface area contributed by atoms with E-state index in [2.05, 4.69) is 33.1 Å². The van der Waals surface area contributed by atoms with Crippen molar-refractivity contribution in [1.29, 1.82) is 0 Å². The lowest BCUT2D eigenvalue weighted by molar-refractivity contribution is -0.163. The van der Waals surface area contributed by atoms with E-state index in [1.165, 1.54) is 39.2 Å². The quantitative estimate of drug-likeness (QED) is 0.371. The van der Waals surface area contributed by atoms with Crippen LogP contribution in [0.3, 0.4) is 0 Å². The van der Waals surface area contributed by atoms with Gasteiger partial charge < -0.3 is 4.74 Å². The average Bonchev–Trinajstić information content (AvgIpc) is 3.11. The van der Waals surface area contributed by atoms with Gasteiger partial charge in [-0.1, -0.05) is 27.4 Å². The summed E-state index contributed by atoms with van der Waals surface area (Å²) in [4.78, 5) is 25.7. The predicted molar refractivity (Wildman–Crippen MR) is 123 cm³/mol. The van der Waals surface area contributed by atoms with E-state index in [4.69, 9.17) is 4.74 Å². The monoisotopic (exact) mass is 426 g/mol. The number of hydrogen-bond acceptors (Lipinski definition) is 3. The number of Topliss-reactive ketones (excluding diaryl/α,β-unsaturated/α-hetero) is 1. The van der Waals surface area contributed by atoms with E-state index in [1.807, 2.05) is 6.08 Å². The molecule has 0 heterocycles. The van der Waals surface area contributed by atoms with E-state index in [0.717, 1.165) is 50.4 Å². The molecular weight excluding hydrogens is 384 g/mol. The summed E-state index contributed by atoms with van der Waals surface area (Å²) >= 11 is 0. The second kappa shape index (κ2) is 8.22. The third kappa shape index (κ3) is 3.38. The Hall–Kier alpha value is -1.34. The zero-order valence-corrected chi connectivity index (χ0v) is 20.2. The van der Waals surface area contributed by atoms with Gasteiger partial charge in [-0.05, 0) is 105 Å². The number of methoxy groups -OCH3 is 1. The zero-order chi connectivity index (χ0) is 22.4.